The molecule has 0 aliphatic rings. The summed E-state index contributed by atoms with van der Waals surface area (Å²) in [5, 5.41) is 3.58. The molecule has 1 heteroatoms. The van der Waals surface area contributed by atoms with E-state index in [0.717, 1.165) is 12.5 Å². The van der Waals surface area contributed by atoms with Crippen molar-refractivity contribution in [3.63, 3.8) is 0 Å². The van der Waals surface area contributed by atoms with Gasteiger partial charge in [0.25, 0.3) is 0 Å². The van der Waals surface area contributed by atoms with Crippen LogP contribution >= 0.6 is 0 Å². The largest absolute Gasteiger partial charge is 0.310 e. The van der Waals surface area contributed by atoms with Gasteiger partial charge >= 0.3 is 0 Å². The van der Waals surface area contributed by atoms with Crippen molar-refractivity contribution in [3.8, 4) is 0 Å². The van der Waals surface area contributed by atoms with Gasteiger partial charge in [-0.25, -0.2) is 0 Å². The maximum Gasteiger partial charge on any atom is 0.0208 e. The molecular weight excluding hydrogens is 182 g/mol. The standard InChI is InChI=1S/C14H23N/c1-5-12(3)13(4)15-10-14-8-6-7-11(2)9-14/h6-9,12-13,15H,5,10H2,1-4H3/t12-,13-/m0/s1. The molecule has 0 radical (unpaired) electrons. The maximum absolute atomic E-state index is 3.58. The average molecular weight is 205 g/mol. The van der Waals surface area contributed by atoms with Crippen LogP contribution in [0.3, 0.4) is 0 Å². The van der Waals surface area contributed by atoms with Crippen LogP contribution in [0.15, 0.2) is 24.3 Å². The minimum absolute atomic E-state index is 0.593. The highest BCUT2D eigenvalue weighted by molar-refractivity contribution is 5.21. The zero-order chi connectivity index (χ0) is 11.3. The highest BCUT2D eigenvalue weighted by Gasteiger charge is 2.08. The fourth-order valence-electron chi connectivity index (χ4n) is 1.66. The van der Waals surface area contributed by atoms with Crippen LogP contribution in [-0.4, -0.2) is 6.04 Å². The van der Waals surface area contributed by atoms with Gasteiger partial charge < -0.3 is 5.32 Å². The average Bonchev–Trinajstić information content (AvgIpc) is 2.25. The third-order valence-electron chi connectivity index (χ3n) is 3.21. The lowest BCUT2D eigenvalue weighted by Gasteiger charge is -2.20. The van der Waals surface area contributed by atoms with Gasteiger partial charge in [-0.15, -0.1) is 0 Å². The first-order valence-corrected chi connectivity index (χ1v) is 5.92. The maximum atomic E-state index is 3.58. The van der Waals surface area contributed by atoms with E-state index in [2.05, 4.69) is 57.3 Å². The molecule has 0 aliphatic carbocycles. The smallest absolute Gasteiger partial charge is 0.0208 e. The van der Waals surface area contributed by atoms with E-state index in [4.69, 9.17) is 0 Å². The van der Waals surface area contributed by atoms with Gasteiger partial charge in [-0.2, -0.15) is 0 Å². The number of hydrogen-bond donors (Lipinski definition) is 1. The zero-order valence-electron chi connectivity index (χ0n) is 10.4. The molecule has 0 bridgehead atoms. The molecule has 0 fully saturated rings. The summed E-state index contributed by atoms with van der Waals surface area (Å²) in [6, 6.07) is 9.29. The monoisotopic (exact) mass is 205 g/mol. The van der Waals surface area contributed by atoms with Crippen LogP contribution < -0.4 is 5.32 Å². The van der Waals surface area contributed by atoms with Crippen LogP contribution in [0.1, 0.15) is 38.3 Å². The molecule has 0 aliphatic heterocycles. The second-order valence-corrected chi connectivity index (χ2v) is 4.54. The summed E-state index contributed by atoms with van der Waals surface area (Å²) in [5.41, 5.74) is 2.72. The molecular formula is C14H23N. The van der Waals surface area contributed by atoms with Crippen molar-refractivity contribution in [1.82, 2.24) is 5.32 Å². The summed E-state index contributed by atoms with van der Waals surface area (Å²) in [7, 11) is 0. The molecule has 0 heterocycles. The zero-order valence-corrected chi connectivity index (χ0v) is 10.4. The van der Waals surface area contributed by atoms with Crippen molar-refractivity contribution in [2.24, 2.45) is 5.92 Å². The molecule has 1 aromatic rings. The molecule has 1 nitrogen and oxygen atoms in total. The minimum atomic E-state index is 0.593. The Morgan fingerprint density at radius 3 is 2.60 bits per heavy atom. The van der Waals surface area contributed by atoms with Crippen molar-refractivity contribution in [1.29, 1.82) is 0 Å². The molecule has 0 spiro atoms. The molecule has 1 rings (SSSR count). The molecule has 0 unspecified atom stereocenters. The second kappa shape index (κ2) is 5.92. The van der Waals surface area contributed by atoms with Gasteiger partial charge in [0.2, 0.25) is 0 Å². The Balaban J connectivity index is 2.43. The van der Waals surface area contributed by atoms with E-state index in [1.807, 2.05) is 0 Å². The highest BCUT2D eigenvalue weighted by atomic mass is 14.9. The van der Waals surface area contributed by atoms with Gasteiger partial charge in [-0.3, -0.25) is 0 Å². The Morgan fingerprint density at radius 1 is 1.27 bits per heavy atom. The first-order chi connectivity index (χ1) is 7.13. The molecule has 0 saturated carbocycles. The number of aryl methyl sites for hydroxylation is 1. The van der Waals surface area contributed by atoms with Crippen molar-refractivity contribution in [2.75, 3.05) is 0 Å². The van der Waals surface area contributed by atoms with Crippen LogP contribution in [0.5, 0.6) is 0 Å². The lowest BCUT2D eigenvalue weighted by molar-refractivity contribution is 0.389. The molecule has 0 amide bonds. The number of benzene rings is 1. The summed E-state index contributed by atoms with van der Waals surface area (Å²) in [6.07, 6.45) is 1.24. The van der Waals surface area contributed by atoms with Crippen LogP contribution in [0.2, 0.25) is 0 Å². The fraction of sp³-hybridized carbons (Fsp3) is 0.571. The van der Waals surface area contributed by atoms with Crippen molar-refractivity contribution in [2.45, 2.75) is 46.7 Å². The number of rotatable bonds is 5. The molecule has 15 heavy (non-hydrogen) atoms. The van der Waals surface area contributed by atoms with E-state index < -0.39 is 0 Å². The normalized spacial score (nSPS) is 14.9. The number of nitrogens with one attached hydrogen (secondary N) is 1. The van der Waals surface area contributed by atoms with Gasteiger partial charge in [0, 0.05) is 12.6 Å². The topological polar surface area (TPSA) is 12.0 Å². The van der Waals surface area contributed by atoms with Gasteiger partial charge in [0.15, 0.2) is 0 Å². The van der Waals surface area contributed by atoms with Crippen molar-refractivity contribution in [3.05, 3.63) is 35.4 Å². The Kier molecular flexibility index (Phi) is 4.83. The molecule has 1 aromatic carbocycles. The van der Waals surface area contributed by atoms with Gasteiger partial charge in [0.05, 0.1) is 0 Å². The van der Waals surface area contributed by atoms with Gasteiger partial charge in [-0.1, -0.05) is 50.1 Å². The number of hydrogen-bond acceptors (Lipinski definition) is 1. The summed E-state index contributed by atoms with van der Waals surface area (Å²) in [5.74, 6) is 0.745. The van der Waals surface area contributed by atoms with E-state index in [1.165, 1.54) is 17.5 Å². The van der Waals surface area contributed by atoms with E-state index in [-0.39, 0.29) is 0 Å². The summed E-state index contributed by atoms with van der Waals surface area (Å²) in [4.78, 5) is 0. The Hall–Kier alpha value is -0.820. The summed E-state index contributed by atoms with van der Waals surface area (Å²) < 4.78 is 0. The predicted molar refractivity (Wildman–Crippen MR) is 66.9 cm³/mol. The van der Waals surface area contributed by atoms with Crippen LogP contribution in [0.25, 0.3) is 0 Å². The molecule has 84 valence electrons. The van der Waals surface area contributed by atoms with Crippen LogP contribution in [-0.2, 0) is 6.54 Å². The third-order valence-corrected chi connectivity index (χ3v) is 3.21. The second-order valence-electron chi connectivity index (χ2n) is 4.54. The van der Waals surface area contributed by atoms with Crippen molar-refractivity contribution < 1.29 is 0 Å². The summed E-state index contributed by atoms with van der Waals surface area (Å²) in [6.45, 7) is 9.93. The molecule has 2 atom stereocenters. The lowest BCUT2D eigenvalue weighted by atomic mass is 10.0. The molecule has 0 aromatic heterocycles. The third kappa shape index (κ3) is 4.05. The minimum Gasteiger partial charge on any atom is -0.310 e. The van der Waals surface area contributed by atoms with E-state index >= 15 is 0 Å². The van der Waals surface area contributed by atoms with E-state index in [0.29, 0.717) is 6.04 Å². The summed E-state index contributed by atoms with van der Waals surface area (Å²) >= 11 is 0. The Labute approximate surface area is 93.9 Å². The van der Waals surface area contributed by atoms with Gasteiger partial charge in [0.1, 0.15) is 0 Å². The quantitative estimate of drug-likeness (QED) is 0.775. The van der Waals surface area contributed by atoms with E-state index in [1.54, 1.807) is 0 Å². The SMILES string of the molecule is CC[C@H](C)[C@H](C)NCc1cccc(C)c1. The Bertz CT molecular complexity index is 293. The predicted octanol–water partition coefficient (Wildman–Crippen LogP) is 3.52. The molecule has 1 N–H and O–H groups in total. The highest BCUT2D eigenvalue weighted by Crippen LogP contribution is 2.09. The first kappa shape index (κ1) is 12.3. The van der Waals surface area contributed by atoms with Crippen LogP contribution in [0.4, 0.5) is 0 Å². The first-order valence-electron chi connectivity index (χ1n) is 5.92. The molecule has 0 saturated heterocycles. The fourth-order valence-corrected chi connectivity index (χ4v) is 1.66. The van der Waals surface area contributed by atoms with Gasteiger partial charge in [-0.05, 0) is 25.3 Å². The Morgan fingerprint density at radius 2 is 2.00 bits per heavy atom. The lowest BCUT2D eigenvalue weighted by Crippen LogP contribution is -2.31. The van der Waals surface area contributed by atoms with E-state index in [9.17, 15) is 0 Å². The van der Waals surface area contributed by atoms with Crippen LogP contribution in [0, 0.1) is 12.8 Å². The van der Waals surface area contributed by atoms with Crippen molar-refractivity contribution >= 4 is 0 Å².